The highest BCUT2D eigenvalue weighted by molar-refractivity contribution is 5.77. The number of carbonyl (C=O) groups excluding carboxylic acids is 1. The molecule has 20 heavy (non-hydrogen) atoms. The van der Waals surface area contributed by atoms with Crippen LogP contribution in [0.5, 0.6) is 5.75 Å². The molecule has 0 unspecified atom stereocenters. The summed E-state index contributed by atoms with van der Waals surface area (Å²) in [6.45, 7) is 5.68. The van der Waals surface area contributed by atoms with E-state index < -0.39 is 0 Å². The van der Waals surface area contributed by atoms with Crippen LogP contribution in [0.2, 0.25) is 0 Å². The van der Waals surface area contributed by atoms with Crippen molar-refractivity contribution in [1.82, 2.24) is 4.90 Å². The number of nitrogens with zero attached hydrogens (tertiary/aromatic N) is 1. The van der Waals surface area contributed by atoms with Gasteiger partial charge in [-0.2, -0.15) is 0 Å². The summed E-state index contributed by atoms with van der Waals surface area (Å²) >= 11 is 0. The molecule has 0 spiro atoms. The van der Waals surface area contributed by atoms with E-state index in [1.165, 1.54) is 0 Å². The lowest BCUT2D eigenvalue weighted by Gasteiger charge is -2.34. The van der Waals surface area contributed by atoms with Crippen molar-refractivity contribution in [3.63, 3.8) is 0 Å². The van der Waals surface area contributed by atoms with Crippen molar-refractivity contribution in [3.8, 4) is 5.75 Å². The number of hydrogen-bond donors (Lipinski definition) is 1. The van der Waals surface area contributed by atoms with E-state index in [0.717, 1.165) is 37.2 Å². The van der Waals surface area contributed by atoms with Crippen molar-refractivity contribution < 1.29 is 9.53 Å². The van der Waals surface area contributed by atoms with Crippen molar-refractivity contribution in [3.05, 3.63) is 29.8 Å². The van der Waals surface area contributed by atoms with Crippen LogP contribution >= 0.6 is 0 Å². The average molecular weight is 276 g/mol. The molecule has 2 N–H and O–H groups in total. The Morgan fingerprint density at radius 1 is 1.50 bits per heavy atom. The van der Waals surface area contributed by atoms with Gasteiger partial charge in [0.2, 0.25) is 0 Å². The molecule has 1 aromatic rings. The Morgan fingerprint density at radius 2 is 2.25 bits per heavy atom. The van der Waals surface area contributed by atoms with E-state index in [1.54, 1.807) is 0 Å². The molecule has 0 aliphatic carbocycles. The Labute approximate surface area is 120 Å². The molecule has 2 rings (SSSR count). The molecule has 1 fully saturated rings. The quantitative estimate of drug-likeness (QED) is 0.914. The van der Waals surface area contributed by atoms with Gasteiger partial charge < -0.3 is 15.4 Å². The molecule has 1 heterocycles. The number of piperidine rings is 1. The van der Waals surface area contributed by atoms with Crippen LogP contribution in [0.1, 0.15) is 25.3 Å². The molecular weight excluding hydrogens is 252 g/mol. The zero-order valence-electron chi connectivity index (χ0n) is 12.3. The number of benzene rings is 1. The fourth-order valence-corrected chi connectivity index (χ4v) is 2.61. The normalized spacial score (nSPS) is 20.6. The summed E-state index contributed by atoms with van der Waals surface area (Å²) in [5.74, 6) is 1.24. The molecule has 0 saturated carbocycles. The summed E-state index contributed by atoms with van der Waals surface area (Å²) in [5.41, 5.74) is 6.99. The second-order valence-electron chi connectivity index (χ2n) is 5.66. The first-order valence-corrected chi connectivity index (χ1v) is 7.29. The summed E-state index contributed by atoms with van der Waals surface area (Å²) in [4.78, 5) is 14.1. The van der Waals surface area contributed by atoms with Gasteiger partial charge >= 0.3 is 0 Å². The number of likely N-dealkylation sites (tertiary alicyclic amines) is 1. The van der Waals surface area contributed by atoms with Crippen LogP contribution in [0.25, 0.3) is 0 Å². The van der Waals surface area contributed by atoms with Gasteiger partial charge in [-0.15, -0.1) is 0 Å². The van der Waals surface area contributed by atoms with Crippen LogP contribution < -0.4 is 10.5 Å². The first kappa shape index (κ1) is 14.9. The van der Waals surface area contributed by atoms with Gasteiger partial charge in [-0.3, -0.25) is 4.79 Å². The minimum absolute atomic E-state index is 0.0543. The van der Waals surface area contributed by atoms with Gasteiger partial charge in [-0.05, 0) is 44.2 Å². The molecule has 0 radical (unpaired) electrons. The molecular formula is C16H24N2O2. The van der Waals surface area contributed by atoms with Crippen molar-refractivity contribution >= 4 is 5.91 Å². The first-order valence-electron chi connectivity index (χ1n) is 7.29. The fraction of sp³-hybridized carbons (Fsp3) is 0.562. The van der Waals surface area contributed by atoms with E-state index >= 15 is 0 Å². The van der Waals surface area contributed by atoms with E-state index in [9.17, 15) is 4.79 Å². The summed E-state index contributed by atoms with van der Waals surface area (Å²) in [6, 6.07) is 7.89. The van der Waals surface area contributed by atoms with Gasteiger partial charge in [0.1, 0.15) is 5.75 Å². The Morgan fingerprint density at radius 3 is 2.95 bits per heavy atom. The highest BCUT2D eigenvalue weighted by atomic mass is 16.5. The standard InChI is InChI=1S/C16H24N2O2/c1-12-6-3-4-8-15(12)20-11-16(19)18-9-5-7-14(10-18)13(2)17/h3-4,6,8,13-14H,5,7,9-11,17H2,1-2H3/t13-,14-/m1/s1. The molecule has 110 valence electrons. The third kappa shape index (κ3) is 3.73. The number of para-hydroxylation sites is 1. The lowest BCUT2D eigenvalue weighted by molar-refractivity contribution is -0.135. The van der Waals surface area contributed by atoms with E-state index in [-0.39, 0.29) is 18.6 Å². The molecule has 4 nitrogen and oxygen atoms in total. The number of hydrogen-bond acceptors (Lipinski definition) is 3. The van der Waals surface area contributed by atoms with E-state index in [0.29, 0.717) is 5.92 Å². The van der Waals surface area contributed by atoms with Crippen LogP contribution in [0.3, 0.4) is 0 Å². The van der Waals surface area contributed by atoms with E-state index in [1.807, 2.05) is 43.0 Å². The average Bonchev–Trinajstić information content (AvgIpc) is 2.46. The van der Waals surface area contributed by atoms with Crippen molar-refractivity contribution in [2.45, 2.75) is 32.7 Å². The number of rotatable bonds is 4. The van der Waals surface area contributed by atoms with Gasteiger partial charge in [-0.25, -0.2) is 0 Å². The lowest BCUT2D eigenvalue weighted by atomic mass is 9.92. The van der Waals surface area contributed by atoms with Gasteiger partial charge in [0, 0.05) is 19.1 Å². The zero-order chi connectivity index (χ0) is 14.5. The van der Waals surface area contributed by atoms with Gasteiger partial charge in [0.25, 0.3) is 5.91 Å². The maximum absolute atomic E-state index is 12.2. The second-order valence-corrected chi connectivity index (χ2v) is 5.66. The summed E-state index contributed by atoms with van der Waals surface area (Å²) in [5, 5.41) is 0. The topological polar surface area (TPSA) is 55.6 Å². The summed E-state index contributed by atoms with van der Waals surface area (Å²) in [6.07, 6.45) is 2.14. The van der Waals surface area contributed by atoms with Crippen LogP contribution in [0.4, 0.5) is 0 Å². The highest BCUT2D eigenvalue weighted by Gasteiger charge is 2.25. The Balaban J connectivity index is 1.87. The van der Waals surface area contributed by atoms with E-state index in [2.05, 4.69) is 0 Å². The van der Waals surface area contributed by atoms with Crippen LogP contribution in [-0.2, 0) is 4.79 Å². The maximum Gasteiger partial charge on any atom is 0.260 e. The Kier molecular flexibility index (Phi) is 5.01. The third-order valence-corrected chi connectivity index (χ3v) is 4.00. The SMILES string of the molecule is Cc1ccccc1OCC(=O)N1CCC[C@@H]([C@@H](C)N)C1. The number of ether oxygens (including phenoxy) is 1. The van der Waals surface area contributed by atoms with Crippen LogP contribution in [0, 0.1) is 12.8 Å². The predicted molar refractivity (Wildman–Crippen MR) is 79.6 cm³/mol. The second kappa shape index (κ2) is 6.75. The highest BCUT2D eigenvalue weighted by Crippen LogP contribution is 2.20. The smallest absolute Gasteiger partial charge is 0.260 e. The molecule has 0 bridgehead atoms. The molecule has 1 aliphatic rings. The third-order valence-electron chi connectivity index (χ3n) is 4.00. The monoisotopic (exact) mass is 276 g/mol. The van der Waals surface area contributed by atoms with Gasteiger partial charge in [0.15, 0.2) is 6.61 Å². The molecule has 0 aromatic heterocycles. The Hall–Kier alpha value is -1.55. The molecule has 1 saturated heterocycles. The lowest BCUT2D eigenvalue weighted by Crippen LogP contribution is -2.46. The van der Waals surface area contributed by atoms with Gasteiger partial charge in [-0.1, -0.05) is 18.2 Å². The number of amides is 1. The van der Waals surface area contributed by atoms with Gasteiger partial charge in [0.05, 0.1) is 0 Å². The van der Waals surface area contributed by atoms with Crippen molar-refractivity contribution in [2.24, 2.45) is 11.7 Å². The number of nitrogens with two attached hydrogens (primary N) is 1. The molecule has 1 amide bonds. The Bertz CT molecular complexity index is 460. The fourth-order valence-electron chi connectivity index (χ4n) is 2.61. The first-order chi connectivity index (χ1) is 9.58. The summed E-state index contributed by atoms with van der Waals surface area (Å²) < 4.78 is 5.63. The van der Waals surface area contributed by atoms with Crippen LogP contribution in [0.15, 0.2) is 24.3 Å². The van der Waals surface area contributed by atoms with E-state index in [4.69, 9.17) is 10.5 Å². The minimum Gasteiger partial charge on any atom is -0.484 e. The maximum atomic E-state index is 12.2. The van der Waals surface area contributed by atoms with Crippen LogP contribution in [-0.4, -0.2) is 36.5 Å². The number of carbonyl (C=O) groups is 1. The molecule has 1 aliphatic heterocycles. The molecule has 2 atom stereocenters. The van der Waals surface area contributed by atoms with Crippen molar-refractivity contribution in [1.29, 1.82) is 0 Å². The molecule has 4 heteroatoms. The zero-order valence-corrected chi connectivity index (χ0v) is 12.3. The minimum atomic E-state index is 0.0543. The number of aryl methyl sites for hydroxylation is 1. The summed E-state index contributed by atoms with van der Waals surface area (Å²) in [7, 11) is 0. The van der Waals surface area contributed by atoms with Crippen molar-refractivity contribution in [2.75, 3.05) is 19.7 Å². The largest absolute Gasteiger partial charge is 0.484 e. The molecule has 1 aromatic carbocycles. The predicted octanol–water partition coefficient (Wildman–Crippen LogP) is 1.96.